The Kier molecular flexibility index (Phi) is 5.58. The van der Waals surface area contributed by atoms with Crippen LogP contribution in [0.25, 0.3) is 0 Å². The second-order valence-electron chi connectivity index (χ2n) is 8.38. The lowest BCUT2D eigenvalue weighted by Crippen LogP contribution is -2.54. The number of nitrogens with one attached hydrogen (secondary N) is 2. The van der Waals surface area contributed by atoms with E-state index in [4.69, 9.17) is 11.6 Å². The van der Waals surface area contributed by atoms with E-state index in [9.17, 15) is 4.79 Å². The summed E-state index contributed by atoms with van der Waals surface area (Å²) in [5.74, 6) is 1.11. The van der Waals surface area contributed by atoms with E-state index in [1.807, 2.05) is 29.2 Å². The van der Waals surface area contributed by atoms with Gasteiger partial charge in [0, 0.05) is 37.2 Å². The van der Waals surface area contributed by atoms with Gasteiger partial charge in [-0.2, -0.15) is 5.10 Å². The van der Waals surface area contributed by atoms with Crippen molar-refractivity contribution < 1.29 is 4.79 Å². The first-order valence-corrected chi connectivity index (χ1v) is 11.2. The molecule has 2 N–H and O–H groups in total. The number of aromatic nitrogens is 2. The van der Waals surface area contributed by atoms with Crippen molar-refractivity contribution in [2.45, 2.75) is 44.2 Å². The highest BCUT2D eigenvalue weighted by molar-refractivity contribution is 6.30. The van der Waals surface area contributed by atoms with E-state index >= 15 is 0 Å². The highest BCUT2D eigenvalue weighted by atomic mass is 35.5. The van der Waals surface area contributed by atoms with Crippen LogP contribution in [-0.2, 0) is 17.6 Å². The number of carbonyl (C=O) groups excluding carboxylic acids is 1. The molecule has 158 valence electrons. The molecule has 0 bridgehead atoms. The fourth-order valence-corrected chi connectivity index (χ4v) is 4.77. The Hall–Kier alpha value is -2.22. The van der Waals surface area contributed by atoms with Crippen molar-refractivity contribution in [1.82, 2.24) is 25.9 Å². The summed E-state index contributed by atoms with van der Waals surface area (Å²) in [5.41, 5.74) is 10.1. The van der Waals surface area contributed by atoms with Crippen LogP contribution in [0.5, 0.6) is 0 Å². The lowest BCUT2D eigenvalue weighted by atomic mass is 9.97. The predicted molar refractivity (Wildman–Crippen MR) is 116 cm³/mol. The van der Waals surface area contributed by atoms with Crippen molar-refractivity contribution in [3.05, 3.63) is 52.2 Å². The van der Waals surface area contributed by atoms with Crippen LogP contribution in [0.3, 0.4) is 0 Å². The molecular formula is C22H27ClN6O. The number of piperazine rings is 1. The largest absolute Gasteiger partial charge is 0.352 e. The SMILES string of the molecule is O=C(C1CC(c2ccc(Cl)cc2)NN1)N1CCN(c2cc3c(nn2)CCCC3)CC1. The van der Waals surface area contributed by atoms with Crippen LogP contribution in [-0.4, -0.2) is 53.2 Å². The number of hydrogen-bond donors (Lipinski definition) is 2. The zero-order valence-electron chi connectivity index (χ0n) is 17.0. The third-order valence-electron chi connectivity index (χ3n) is 6.45. The molecule has 0 saturated carbocycles. The Morgan fingerprint density at radius 2 is 1.77 bits per heavy atom. The lowest BCUT2D eigenvalue weighted by Gasteiger charge is -2.36. The van der Waals surface area contributed by atoms with Crippen LogP contribution in [0.4, 0.5) is 5.82 Å². The molecular weight excluding hydrogens is 400 g/mol. The van der Waals surface area contributed by atoms with Gasteiger partial charge in [0.15, 0.2) is 5.82 Å². The van der Waals surface area contributed by atoms with Crippen LogP contribution in [0, 0.1) is 0 Å². The zero-order chi connectivity index (χ0) is 20.5. The number of hydrogen-bond acceptors (Lipinski definition) is 6. The average Bonchev–Trinajstić information content (AvgIpc) is 3.29. The van der Waals surface area contributed by atoms with Gasteiger partial charge in [0.25, 0.3) is 0 Å². The smallest absolute Gasteiger partial charge is 0.241 e. The van der Waals surface area contributed by atoms with Crippen molar-refractivity contribution in [2.75, 3.05) is 31.1 Å². The average molecular weight is 427 g/mol. The van der Waals surface area contributed by atoms with Crippen molar-refractivity contribution in [3.63, 3.8) is 0 Å². The van der Waals surface area contributed by atoms with E-state index < -0.39 is 0 Å². The molecule has 2 atom stereocenters. The van der Waals surface area contributed by atoms with Crippen LogP contribution in [0.2, 0.25) is 5.02 Å². The van der Waals surface area contributed by atoms with Gasteiger partial charge in [-0.1, -0.05) is 23.7 Å². The van der Waals surface area contributed by atoms with Crippen LogP contribution in [0.15, 0.2) is 30.3 Å². The van der Waals surface area contributed by atoms with E-state index in [-0.39, 0.29) is 18.0 Å². The number of nitrogens with zero attached hydrogens (tertiary/aromatic N) is 4. The normalized spacial score (nSPS) is 24.0. The fourth-order valence-electron chi connectivity index (χ4n) is 4.64. The van der Waals surface area contributed by atoms with Gasteiger partial charge in [-0.3, -0.25) is 4.79 Å². The fraction of sp³-hybridized carbons (Fsp3) is 0.500. The summed E-state index contributed by atoms with van der Waals surface area (Å²) >= 11 is 5.98. The quantitative estimate of drug-likeness (QED) is 0.784. The number of halogens is 1. The predicted octanol–water partition coefficient (Wildman–Crippen LogP) is 2.27. The summed E-state index contributed by atoms with van der Waals surface area (Å²) in [5, 5.41) is 9.63. The zero-order valence-corrected chi connectivity index (χ0v) is 17.7. The van der Waals surface area contributed by atoms with Gasteiger partial charge in [-0.15, -0.1) is 5.10 Å². The molecule has 1 aromatic carbocycles. The minimum absolute atomic E-state index is 0.114. The Morgan fingerprint density at radius 3 is 2.57 bits per heavy atom. The summed E-state index contributed by atoms with van der Waals surface area (Å²) in [6.45, 7) is 3.00. The Balaban J connectivity index is 1.17. The molecule has 7 nitrogen and oxygen atoms in total. The summed E-state index contributed by atoms with van der Waals surface area (Å²) < 4.78 is 0. The Morgan fingerprint density at radius 1 is 1.00 bits per heavy atom. The first kappa shape index (κ1) is 19.7. The highest BCUT2D eigenvalue weighted by Gasteiger charge is 2.34. The molecule has 1 aromatic heterocycles. The van der Waals surface area contributed by atoms with Gasteiger partial charge < -0.3 is 9.80 Å². The summed E-state index contributed by atoms with van der Waals surface area (Å²) in [7, 11) is 0. The minimum atomic E-state index is -0.208. The maximum absolute atomic E-state index is 13.0. The molecule has 3 heterocycles. The third-order valence-corrected chi connectivity index (χ3v) is 6.70. The van der Waals surface area contributed by atoms with Gasteiger partial charge in [0.05, 0.1) is 5.69 Å². The molecule has 8 heteroatoms. The number of amides is 1. The van der Waals surface area contributed by atoms with Crippen LogP contribution in [0.1, 0.15) is 42.1 Å². The minimum Gasteiger partial charge on any atom is -0.352 e. The standard InChI is InChI=1S/C22H27ClN6O/c23-17-7-5-15(6-8-17)19-14-20(26-25-19)22(30)29-11-9-28(10-12-29)21-13-16-3-1-2-4-18(16)24-27-21/h5-8,13,19-20,25-26H,1-4,9-12,14H2. The maximum atomic E-state index is 13.0. The molecule has 5 rings (SSSR count). The van der Waals surface area contributed by atoms with E-state index in [0.717, 1.165) is 54.4 Å². The third kappa shape index (κ3) is 4.02. The molecule has 30 heavy (non-hydrogen) atoms. The van der Waals surface area contributed by atoms with Crippen LogP contribution < -0.4 is 15.8 Å². The lowest BCUT2D eigenvalue weighted by molar-refractivity contribution is -0.133. The highest BCUT2D eigenvalue weighted by Crippen LogP contribution is 2.26. The van der Waals surface area contributed by atoms with Gasteiger partial charge in [0.1, 0.15) is 6.04 Å². The molecule has 1 amide bonds. The second-order valence-corrected chi connectivity index (χ2v) is 8.81. The first-order valence-electron chi connectivity index (χ1n) is 10.8. The molecule has 0 spiro atoms. The molecule has 1 aliphatic carbocycles. The van der Waals surface area contributed by atoms with Crippen LogP contribution >= 0.6 is 11.6 Å². The number of fused-ring (bicyclic) bond motifs is 1. The van der Waals surface area contributed by atoms with E-state index in [0.29, 0.717) is 13.1 Å². The number of aryl methyl sites for hydroxylation is 2. The second kappa shape index (κ2) is 8.49. The van der Waals surface area contributed by atoms with Gasteiger partial charge in [-0.25, -0.2) is 10.9 Å². The van der Waals surface area contributed by atoms with Crippen molar-refractivity contribution >= 4 is 23.3 Å². The van der Waals surface area contributed by atoms with Crippen molar-refractivity contribution in [2.24, 2.45) is 0 Å². The monoisotopic (exact) mass is 426 g/mol. The van der Waals surface area contributed by atoms with Gasteiger partial charge >= 0.3 is 0 Å². The summed E-state index contributed by atoms with van der Waals surface area (Å²) in [4.78, 5) is 17.2. The molecule has 2 aromatic rings. The van der Waals surface area contributed by atoms with E-state index in [2.05, 4.69) is 32.0 Å². The van der Waals surface area contributed by atoms with Crippen molar-refractivity contribution in [1.29, 1.82) is 0 Å². The molecule has 2 fully saturated rings. The summed E-state index contributed by atoms with van der Waals surface area (Å²) in [6, 6.07) is 9.90. The Bertz CT molecular complexity index is 912. The van der Waals surface area contributed by atoms with E-state index in [1.54, 1.807) is 0 Å². The van der Waals surface area contributed by atoms with E-state index in [1.165, 1.54) is 18.4 Å². The van der Waals surface area contributed by atoms with Crippen molar-refractivity contribution in [3.8, 4) is 0 Å². The van der Waals surface area contributed by atoms with Gasteiger partial charge in [0.2, 0.25) is 5.91 Å². The number of anilines is 1. The molecule has 2 aliphatic heterocycles. The molecule has 0 radical (unpaired) electrons. The number of rotatable bonds is 3. The first-order chi connectivity index (χ1) is 14.7. The molecule has 3 aliphatic rings. The number of hydrazine groups is 1. The Labute approximate surface area is 181 Å². The topological polar surface area (TPSA) is 73.4 Å². The number of carbonyl (C=O) groups is 1. The van der Waals surface area contributed by atoms with Gasteiger partial charge in [-0.05, 0) is 61.4 Å². The molecule has 2 unspecified atom stereocenters. The maximum Gasteiger partial charge on any atom is 0.241 e. The summed E-state index contributed by atoms with van der Waals surface area (Å²) in [6.07, 6.45) is 5.33. The molecule has 2 saturated heterocycles. The number of benzene rings is 1.